The molecule has 0 radical (unpaired) electrons. The smallest absolute Gasteiger partial charge is 0.140 e. The average Bonchev–Trinajstić information content (AvgIpc) is 2.85. The molecular weight excluding hydrogens is 322 g/mol. The van der Waals surface area contributed by atoms with Crippen LogP contribution in [0.4, 0.5) is 0 Å². The van der Waals surface area contributed by atoms with E-state index in [9.17, 15) is 0 Å². The maximum absolute atomic E-state index is 5.86. The summed E-state index contributed by atoms with van der Waals surface area (Å²) in [5.41, 5.74) is 2.39. The van der Waals surface area contributed by atoms with Crippen LogP contribution in [-0.4, -0.2) is 4.98 Å². The Balaban J connectivity index is 2.05. The number of halogens is 1. The fourth-order valence-electron chi connectivity index (χ4n) is 1.62. The predicted octanol–water partition coefficient (Wildman–Crippen LogP) is 4.91. The summed E-state index contributed by atoms with van der Waals surface area (Å²) < 4.78 is 5.86. The Morgan fingerprint density at radius 2 is 2.00 bits per heavy atom. The molecule has 0 bridgehead atoms. The SMILES string of the molecule is CC(C)(C)c1csc(COc2ccccc2CBr)n1. The zero-order valence-electron chi connectivity index (χ0n) is 11.4. The zero-order valence-corrected chi connectivity index (χ0v) is 13.8. The van der Waals surface area contributed by atoms with E-state index in [0.717, 1.165) is 27.3 Å². The van der Waals surface area contributed by atoms with Gasteiger partial charge in [0.25, 0.3) is 0 Å². The first kappa shape index (κ1) is 14.5. The Hall–Kier alpha value is -0.870. The lowest BCUT2D eigenvalue weighted by Crippen LogP contribution is -2.11. The van der Waals surface area contributed by atoms with Crippen LogP contribution < -0.4 is 4.74 Å². The van der Waals surface area contributed by atoms with Crippen molar-refractivity contribution < 1.29 is 4.74 Å². The Morgan fingerprint density at radius 3 is 2.63 bits per heavy atom. The molecule has 1 heterocycles. The monoisotopic (exact) mass is 339 g/mol. The van der Waals surface area contributed by atoms with Gasteiger partial charge in [0.15, 0.2) is 0 Å². The molecule has 0 aliphatic rings. The fraction of sp³-hybridized carbons (Fsp3) is 0.400. The van der Waals surface area contributed by atoms with Gasteiger partial charge in [-0.05, 0) is 6.07 Å². The van der Waals surface area contributed by atoms with E-state index in [0.29, 0.717) is 6.61 Å². The number of thiazole rings is 1. The van der Waals surface area contributed by atoms with Crippen LogP contribution in [0.2, 0.25) is 0 Å². The molecular formula is C15H18BrNOS. The number of rotatable bonds is 4. The van der Waals surface area contributed by atoms with Gasteiger partial charge >= 0.3 is 0 Å². The van der Waals surface area contributed by atoms with Crippen molar-refractivity contribution in [1.82, 2.24) is 4.98 Å². The van der Waals surface area contributed by atoms with Crippen molar-refractivity contribution in [3.63, 3.8) is 0 Å². The van der Waals surface area contributed by atoms with Gasteiger partial charge in [-0.2, -0.15) is 0 Å². The third-order valence-corrected chi connectivity index (χ3v) is 4.21. The van der Waals surface area contributed by atoms with Crippen LogP contribution in [-0.2, 0) is 17.4 Å². The molecule has 2 aromatic rings. The first-order valence-corrected chi connectivity index (χ1v) is 8.22. The van der Waals surface area contributed by atoms with Crippen molar-refractivity contribution in [3.8, 4) is 5.75 Å². The van der Waals surface area contributed by atoms with Crippen molar-refractivity contribution in [2.24, 2.45) is 0 Å². The van der Waals surface area contributed by atoms with Crippen LogP contribution in [0.15, 0.2) is 29.6 Å². The molecule has 0 amide bonds. The van der Waals surface area contributed by atoms with Gasteiger partial charge in [0.05, 0.1) is 5.69 Å². The van der Waals surface area contributed by atoms with Crippen molar-refractivity contribution in [3.05, 3.63) is 45.9 Å². The first-order chi connectivity index (χ1) is 9.00. The molecule has 1 aromatic heterocycles. The molecule has 0 aliphatic carbocycles. The average molecular weight is 340 g/mol. The molecule has 0 atom stereocenters. The fourth-order valence-corrected chi connectivity index (χ4v) is 3.01. The van der Waals surface area contributed by atoms with Gasteiger partial charge in [-0.15, -0.1) is 11.3 Å². The number of hydrogen-bond acceptors (Lipinski definition) is 3. The Kier molecular flexibility index (Phi) is 4.63. The Morgan fingerprint density at radius 1 is 1.26 bits per heavy atom. The van der Waals surface area contributed by atoms with E-state index < -0.39 is 0 Å². The van der Waals surface area contributed by atoms with Crippen LogP contribution in [0.3, 0.4) is 0 Å². The van der Waals surface area contributed by atoms with Gasteiger partial charge < -0.3 is 4.74 Å². The van der Waals surface area contributed by atoms with Crippen molar-refractivity contribution in [2.45, 2.75) is 38.1 Å². The topological polar surface area (TPSA) is 22.1 Å². The zero-order chi connectivity index (χ0) is 13.9. The summed E-state index contributed by atoms with van der Waals surface area (Å²) >= 11 is 5.13. The Labute approximate surface area is 127 Å². The van der Waals surface area contributed by atoms with Gasteiger partial charge in [0.1, 0.15) is 17.4 Å². The quantitative estimate of drug-likeness (QED) is 0.738. The van der Waals surface area contributed by atoms with Crippen LogP contribution in [0.5, 0.6) is 5.75 Å². The third kappa shape index (κ3) is 3.80. The highest BCUT2D eigenvalue weighted by Crippen LogP contribution is 2.26. The molecule has 4 heteroatoms. The van der Waals surface area contributed by atoms with E-state index in [4.69, 9.17) is 4.74 Å². The maximum Gasteiger partial charge on any atom is 0.140 e. The van der Waals surface area contributed by atoms with E-state index in [2.05, 4.69) is 53.1 Å². The maximum atomic E-state index is 5.86. The standard InChI is InChI=1S/C15H18BrNOS/c1-15(2,3)13-10-19-14(17-13)9-18-12-7-5-4-6-11(12)8-16/h4-7,10H,8-9H2,1-3H3. The molecule has 0 saturated heterocycles. The van der Waals surface area contributed by atoms with E-state index >= 15 is 0 Å². The van der Waals surface area contributed by atoms with Crippen LogP contribution in [0.25, 0.3) is 0 Å². The highest BCUT2D eigenvalue weighted by molar-refractivity contribution is 9.08. The number of hydrogen-bond donors (Lipinski definition) is 0. The summed E-state index contributed by atoms with van der Waals surface area (Å²) in [7, 11) is 0. The molecule has 2 rings (SSSR count). The molecule has 2 nitrogen and oxygen atoms in total. The minimum absolute atomic E-state index is 0.0997. The number of aromatic nitrogens is 1. The molecule has 1 aromatic carbocycles. The third-order valence-electron chi connectivity index (χ3n) is 2.79. The number of nitrogens with zero attached hydrogens (tertiary/aromatic N) is 1. The molecule has 19 heavy (non-hydrogen) atoms. The second-order valence-corrected chi connectivity index (χ2v) is 6.91. The van der Waals surface area contributed by atoms with Crippen LogP contribution in [0.1, 0.15) is 37.0 Å². The summed E-state index contributed by atoms with van der Waals surface area (Å²) in [6.07, 6.45) is 0. The summed E-state index contributed by atoms with van der Waals surface area (Å²) in [5.74, 6) is 0.923. The molecule has 0 saturated carbocycles. The second-order valence-electron chi connectivity index (χ2n) is 5.41. The van der Waals surface area contributed by atoms with Crippen LogP contribution >= 0.6 is 27.3 Å². The number of ether oxygens (including phenoxy) is 1. The summed E-state index contributed by atoms with van der Waals surface area (Å²) in [5, 5.41) is 3.94. The van der Waals surface area contributed by atoms with E-state index in [1.54, 1.807) is 11.3 Å². The summed E-state index contributed by atoms with van der Waals surface area (Å²) in [6, 6.07) is 8.07. The molecule has 0 N–H and O–H groups in total. The van der Waals surface area contributed by atoms with Gasteiger partial charge in [0, 0.05) is 21.7 Å². The lowest BCUT2D eigenvalue weighted by molar-refractivity contribution is 0.302. The first-order valence-electron chi connectivity index (χ1n) is 6.22. The minimum Gasteiger partial charge on any atom is -0.486 e. The number of alkyl halides is 1. The Bertz CT molecular complexity index is 545. The van der Waals surface area contributed by atoms with Crippen molar-refractivity contribution in [2.75, 3.05) is 0 Å². The summed E-state index contributed by atoms with van der Waals surface area (Å²) in [4.78, 5) is 4.63. The van der Waals surface area contributed by atoms with Gasteiger partial charge in [-0.1, -0.05) is 54.9 Å². The van der Waals surface area contributed by atoms with Crippen molar-refractivity contribution >= 4 is 27.3 Å². The highest BCUT2D eigenvalue weighted by atomic mass is 79.9. The van der Waals surface area contributed by atoms with Crippen LogP contribution in [0, 0.1) is 0 Å². The van der Waals surface area contributed by atoms with E-state index in [1.165, 1.54) is 0 Å². The summed E-state index contributed by atoms with van der Waals surface area (Å²) in [6.45, 7) is 7.05. The van der Waals surface area contributed by atoms with Gasteiger partial charge in [-0.3, -0.25) is 0 Å². The lowest BCUT2D eigenvalue weighted by atomic mass is 9.93. The highest BCUT2D eigenvalue weighted by Gasteiger charge is 2.17. The number of para-hydroxylation sites is 1. The van der Waals surface area contributed by atoms with Gasteiger partial charge in [0.2, 0.25) is 0 Å². The molecule has 0 aliphatic heterocycles. The molecule has 102 valence electrons. The van der Waals surface area contributed by atoms with Crippen molar-refractivity contribution in [1.29, 1.82) is 0 Å². The number of benzene rings is 1. The predicted molar refractivity (Wildman–Crippen MR) is 84.2 cm³/mol. The molecule has 0 unspecified atom stereocenters. The lowest BCUT2D eigenvalue weighted by Gasteiger charge is -2.14. The van der Waals surface area contributed by atoms with E-state index in [1.807, 2.05) is 18.2 Å². The molecule has 0 fully saturated rings. The van der Waals surface area contributed by atoms with Gasteiger partial charge in [-0.25, -0.2) is 4.98 Å². The normalized spacial score (nSPS) is 11.6. The largest absolute Gasteiger partial charge is 0.486 e. The molecule has 0 spiro atoms. The van der Waals surface area contributed by atoms with E-state index in [-0.39, 0.29) is 5.41 Å². The second kappa shape index (κ2) is 6.06. The minimum atomic E-state index is 0.0997.